The lowest BCUT2D eigenvalue weighted by Gasteiger charge is -2.10. The fraction of sp³-hybridized carbons (Fsp3) is 0.538. The SMILES string of the molecule is CC/C(C)=C\C=C(/C)CC(=O)N1CCOC1=O. The van der Waals surface area contributed by atoms with Crippen LogP contribution in [-0.4, -0.2) is 30.1 Å². The summed E-state index contributed by atoms with van der Waals surface area (Å²) in [6.45, 7) is 6.69. The van der Waals surface area contributed by atoms with Gasteiger partial charge in [0.1, 0.15) is 6.61 Å². The molecule has 0 aromatic heterocycles. The molecule has 1 rings (SSSR count). The standard InChI is InChI=1S/C13H19NO3/c1-4-10(2)5-6-11(3)9-12(15)14-7-8-17-13(14)16/h5-6H,4,7-9H2,1-3H3/b10-5-,11-6+. The van der Waals surface area contributed by atoms with E-state index < -0.39 is 6.09 Å². The van der Waals surface area contributed by atoms with Crippen molar-refractivity contribution < 1.29 is 14.3 Å². The summed E-state index contributed by atoms with van der Waals surface area (Å²) in [7, 11) is 0. The highest BCUT2D eigenvalue weighted by atomic mass is 16.6. The second-order valence-corrected chi connectivity index (χ2v) is 4.22. The normalized spacial score (nSPS) is 17.4. The van der Waals surface area contributed by atoms with Gasteiger partial charge in [0.2, 0.25) is 5.91 Å². The van der Waals surface area contributed by atoms with Gasteiger partial charge in [0.05, 0.1) is 6.54 Å². The van der Waals surface area contributed by atoms with Gasteiger partial charge in [-0.05, 0) is 20.3 Å². The average Bonchev–Trinajstić information content (AvgIpc) is 2.72. The molecule has 4 heteroatoms. The van der Waals surface area contributed by atoms with Crippen LogP contribution in [0.3, 0.4) is 0 Å². The van der Waals surface area contributed by atoms with Crippen LogP contribution in [0.5, 0.6) is 0 Å². The molecular weight excluding hydrogens is 218 g/mol. The first-order valence-electron chi connectivity index (χ1n) is 5.84. The van der Waals surface area contributed by atoms with Crippen molar-refractivity contribution in [3.8, 4) is 0 Å². The Morgan fingerprint density at radius 3 is 2.53 bits per heavy atom. The molecule has 1 fully saturated rings. The predicted octanol–water partition coefficient (Wildman–Crippen LogP) is 2.66. The minimum absolute atomic E-state index is 0.191. The van der Waals surface area contributed by atoms with Crippen LogP contribution in [0.25, 0.3) is 0 Å². The van der Waals surface area contributed by atoms with Gasteiger partial charge >= 0.3 is 6.09 Å². The van der Waals surface area contributed by atoms with E-state index in [2.05, 4.69) is 6.92 Å². The maximum absolute atomic E-state index is 11.7. The van der Waals surface area contributed by atoms with Crippen molar-refractivity contribution in [3.63, 3.8) is 0 Å². The number of carbonyl (C=O) groups excluding carboxylic acids is 2. The first-order valence-corrected chi connectivity index (χ1v) is 5.84. The molecule has 94 valence electrons. The molecule has 4 nitrogen and oxygen atoms in total. The lowest BCUT2D eigenvalue weighted by molar-refractivity contribution is -0.127. The summed E-state index contributed by atoms with van der Waals surface area (Å²) in [5.41, 5.74) is 2.21. The van der Waals surface area contributed by atoms with Crippen molar-refractivity contribution in [1.82, 2.24) is 4.90 Å². The zero-order valence-corrected chi connectivity index (χ0v) is 10.7. The van der Waals surface area contributed by atoms with Crippen molar-refractivity contribution >= 4 is 12.0 Å². The second-order valence-electron chi connectivity index (χ2n) is 4.22. The second kappa shape index (κ2) is 6.23. The van der Waals surface area contributed by atoms with Crippen LogP contribution in [0.1, 0.15) is 33.6 Å². The van der Waals surface area contributed by atoms with Crippen molar-refractivity contribution in [1.29, 1.82) is 0 Å². The number of allylic oxidation sites excluding steroid dienone is 3. The molecule has 0 atom stereocenters. The maximum Gasteiger partial charge on any atom is 0.416 e. The average molecular weight is 237 g/mol. The molecule has 0 bridgehead atoms. The lowest BCUT2D eigenvalue weighted by Crippen LogP contribution is -2.31. The maximum atomic E-state index is 11.7. The van der Waals surface area contributed by atoms with E-state index in [0.29, 0.717) is 13.2 Å². The van der Waals surface area contributed by atoms with Crippen LogP contribution in [0, 0.1) is 0 Å². The fourth-order valence-electron chi connectivity index (χ4n) is 1.42. The summed E-state index contributed by atoms with van der Waals surface area (Å²) >= 11 is 0. The predicted molar refractivity (Wildman–Crippen MR) is 65.5 cm³/mol. The number of hydrogen-bond acceptors (Lipinski definition) is 3. The molecule has 1 saturated heterocycles. The van der Waals surface area contributed by atoms with E-state index in [0.717, 1.165) is 16.9 Å². The molecule has 2 amide bonds. The summed E-state index contributed by atoms with van der Waals surface area (Å²) in [5, 5.41) is 0. The molecule has 1 aliphatic heterocycles. The molecule has 1 heterocycles. The van der Waals surface area contributed by atoms with E-state index in [1.165, 1.54) is 5.57 Å². The quantitative estimate of drug-likeness (QED) is 0.706. The molecule has 0 radical (unpaired) electrons. The Bertz CT molecular complexity index is 369. The zero-order valence-electron chi connectivity index (χ0n) is 10.7. The lowest BCUT2D eigenvalue weighted by atomic mass is 10.1. The van der Waals surface area contributed by atoms with Crippen molar-refractivity contribution in [2.75, 3.05) is 13.2 Å². The summed E-state index contributed by atoms with van der Waals surface area (Å²) in [4.78, 5) is 24.1. The molecule has 0 aliphatic carbocycles. The number of imide groups is 1. The summed E-state index contributed by atoms with van der Waals surface area (Å²) in [6, 6.07) is 0. The molecule has 0 N–H and O–H groups in total. The molecule has 0 saturated carbocycles. The Balaban J connectivity index is 2.53. The number of amides is 2. The van der Waals surface area contributed by atoms with Crippen LogP contribution in [0.2, 0.25) is 0 Å². The van der Waals surface area contributed by atoms with Crippen molar-refractivity contribution in [2.24, 2.45) is 0 Å². The van der Waals surface area contributed by atoms with Gasteiger partial charge in [-0.25, -0.2) is 9.69 Å². The molecule has 0 aromatic carbocycles. The first-order chi connectivity index (χ1) is 8.04. The topological polar surface area (TPSA) is 46.6 Å². The Labute approximate surface area is 102 Å². The molecule has 0 unspecified atom stereocenters. The third kappa shape index (κ3) is 4.06. The summed E-state index contributed by atoms with van der Waals surface area (Å²) < 4.78 is 4.72. The molecule has 17 heavy (non-hydrogen) atoms. The Morgan fingerprint density at radius 2 is 2.00 bits per heavy atom. The largest absolute Gasteiger partial charge is 0.447 e. The number of nitrogens with zero attached hydrogens (tertiary/aromatic N) is 1. The zero-order chi connectivity index (χ0) is 12.8. The van der Waals surface area contributed by atoms with Gasteiger partial charge in [-0.15, -0.1) is 0 Å². The van der Waals surface area contributed by atoms with E-state index in [1.807, 2.05) is 26.0 Å². The van der Waals surface area contributed by atoms with Gasteiger partial charge in [-0.2, -0.15) is 0 Å². The number of carbonyl (C=O) groups is 2. The summed E-state index contributed by atoms with van der Waals surface area (Å²) in [6.07, 6.45) is 4.67. The highest BCUT2D eigenvalue weighted by Gasteiger charge is 2.27. The molecule has 0 aromatic rings. The Kier molecular flexibility index (Phi) is 4.94. The third-order valence-electron chi connectivity index (χ3n) is 2.70. The molecule has 1 aliphatic rings. The van der Waals surface area contributed by atoms with Gasteiger partial charge in [-0.1, -0.05) is 30.2 Å². The minimum atomic E-state index is -0.525. The number of ether oxygens (including phenoxy) is 1. The number of hydrogen-bond donors (Lipinski definition) is 0. The van der Waals surface area contributed by atoms with Crippen LogP contribution in [0.4, 0.5) is 4.79 Å². The van der Waals surface area contributed by atoms with Gasteiger partial charge < -0.3 is 4.74 Å². The molecular formula is C13H19NO3. The Hall–Kier alpha value is -1.58. The van der Waals surface area contributed by atoms with Gasteiger partial charge in [0.15, 0.2) is 0 Å². The van der Waals surface area contributed by atoms with Crippen LogP contribution < -0.4 is 0 Å². The van der Waals surface area contributed by atoms with E-state index in [-0.39, 0.29) is 12.3 Å². The van der Waals surface area contributed by atoms with Crippen molar-refractivity contribution in [3.05, 3.63) is 23.3 Å². The van der Waals surface area contributed by atoms with Gasteiger partial charge in [0, 0.05) is 6.42 Å². The van der Waals surface area contributed by atoms with Crippen LogP contribution >= 0.6 is 0 Å². The highest BCUT2D eigenvalue weighted by molar-refractivity contribution is 5.93. The monoisotopic (exact) mass is 237 g/mol. The van der Waals surface area contributed by atoms with Gasteiger partial charge in [0.25, 0.3) is 0 Å². The van der Waals surface area contributed by atoms with Crippen molar-refractivity contribution in [2.45, 2.75) is 33.6 Å². The van der Waals surface area contributed by atoms with E-state index in [4.69, 9.17) is 4.74 Å². The smallest absolute Gasteiger partial charge is 0.416 e. The summed E-state index contributed by atoms with van der Waals surface area (Å²) in [5.74, 6) is -0.191. The van der Waals surface area contributed by atoms with Gasteiger partial charge in [-0.3, -0.25) is 4.79 Å². The third-order valence-corrected chi connectivity index (χ3v) is 2.70. The van der Waals surface area contributed by atoms with E-state index >= 15 is 0 Å². The van der Waals surface area contributed by atoms with Crippen LogP contribution in [0.15, 0.2) is 23.3 Å². The highest BCUT2D eigenvalue weighted by Crippen LogP contribution is 2.10. The van der Waals surface area contributed by atoms with E-state index in [9.17, 15) is 9.59 Å². The first kappa shape index (κ1) is 13.5. The number of rotatable bonds is 4. The molecule has 0 spiro atoms. The minimum Gasteiger partial charge on any atom is -0.447 e. The Morgan fingerprint density at radius 1 is 1.35 bits per heavy atom. The fourth-order valence-corrected chi connectivity index (χ4v) is 1.42. The van der Waals surface area contributed by atoms with Crippen LogP contribution in [-0.2, 0) is 9.53 Å². The van der Waals surface area contributed by atoms with E-state index in [1.54, 1.807) is 0 Å². The number of cyclic esters (lactones) is 1.